The molecule has 0 bridgehead atoms. The summed E-state index contributed by atoms with van der Waals surface area (Å²) in [6, 6.07) is 0.128. The Morgan fingerprint density at radius 3 is 1.18 bits per heavy atom. The lowest BCUT2D eigenvalue weighted by Gasteiger charge is -2.22. The van der Waals surface area contributed by atoms with Gasteiger partial charge in [0, 0.05) is 24.9 Å². The van der Waals surface area contributed by atoms with E-state index in [-0.39, 0.29) is 42.7 Å². The Morgan fingerprint density at radius 2 is 0.857 bits per heavy atom. The highest BCUT2D eigenvalue weighted by Gasteiger charge is 2.21. The van der Waals surface area contributed by atoms with E-state index in [1.165, 1.54) is 0 Å². The van der Waals surface area contributed by atoms with E-state index in [1.807, 2.05) is 27.7 Å². The zero-order valence-electron chi connectivity index (χ0n) is 30.5. The fraction of sp³-hybridized carbons (Fsp3) is 0.912. The van der Waals surface area contributed by atoms with Crippen LogP contribution in [-0.4, -0.2) is 160 Å². The van der Waals surface area contributed by atoms with Crippen LogP contribution in [0.25, 0.3) is 0 Å². The van der Waals surface area contributed by atoms with Gasteiger partial charge in [-0.15, -0.1) is 0 Å². The summed E-state index contributed by atoms with van der Waals surface area (Å²) in [5.74, 6) is -0.669. The van der Waals surface area contributed by atoms with Crippen LogP contribution in [0.3, 0.4) is 0 Å². The molecule has 1 amide bonds. The average Bonchev–Trinajstić information content (AvgIpc) is 3.06. The van der Waals surface area contributed by atoms with Crippen molar-refractivity contribution in [1.82, 2.24) is 10.6 Å². The summed E-state index contributed by atoms with van der Waals surface area (Å²) >= 11 is 0. The molecular weight excluding hydrogens is 644 g/mol. The molecule has 15 nitrogen and oxygen atoms in total. The van der Waals surface area contributed by atoms with E-state index in [0.29, 0.717) is 125 Å². The number of carboxylic acid groups (broad SMARTS) is 1. The van der Waals surface area contributed by atoms with Gasteiger partial charge in [-0.1, -0.05) is 27.7 Å². The highest BCUT2D eigenvalue weighted by Crippen LogP contribution is 2.09. The lowest BCUT2D eigenvalue weighted by atomic mass is 9.96. The molecule has 0 aliphatic rings. The largest absolute Gasteiger partial charge is 0.481 e. The molecule has 0 aromatic heterocycles. The van der Waals surface area contributed by atoms with E-state index in [0.717, 1.165) is 19.3 Å². The molecule has 1 atom stereocenters. The van der Waals surface area contributed by atoms with Crippen molar-refractivity contribution in [2.75, 3.05) is 125 Å². The van der Waals surface area contributed by atoms with Gasteiger partial charge < -0.3 is 58.4 Å². The van der Waals surface area contributed by atoms with Gasteiger partial charge in [-0.05, 0) is 19.3 Å². The van der Waals surface area contributed by atoms with Crippen molar-refractivity contribution in [3.8, 4) is 0 Å². The van der Waals surface area contributed by atoms with Crippen molar-refractivity contribution in [2.24, 2.45) is 5.92 Å². The maximum atomic E-state index is 12.4. The van der Waals surface area contributed by atoms with Gasteiger partial charge >= 0.3 is 5.97 Å². The molecule has 290 valence electrons. The predicted molar refractivity (Wildman–Crippen MR) is 183 cm³/mol. The Kier molecular flexibility index (Phi) is 34.7. The molecular formula is C34H66N2O13. The number of hydrogen-bond acceptors (Lipinski definition) is 13. The van der Waals surface area contributed by atoms with E-state index >= 15 is 0 Å². The second kappa shape index (κ2) is 36.0. The number of amides is 1. The van der Waals surface area contributed by atoms with Crippen LogP contribution in [0.5, 0.6) is 0 Å². The smallest absolute Gasteiger partial charge is 0.305 e. The Morgan fingerprint density at radius 1 is 0.510 bits per heavy atom. The van der Waals surface area contributed by atoms with Gasteiger partial charge in [0.2, 0.25) is 5.91 Å². The zero-order chi connectivity index (χ0) is 36.2. The standard InChI is InChI=1S/C34H66N2O13/c1-29(2)34(40)31(36-30(3)4)7-5-6-10-35-32(37)8-11-41-13-15-43-17-19-45-21-23-47-25-27-49-28-26-48-24-22-46-20-18-44-16-14-42-12-9-33(38)39/h29-31,36H,5-28H2,1-4H3,(H,35,37)(H,38,39)/t31-/m0/s1. The van der Waals surface area contributed by atoms with Crippen LogP contribution in [0.1, 0.15) is 59.8 Å². The van der Waals surface area contributed by atoms with Crippen molar-refractivity contribution in [3.05, 3.63) is 0 Å². The maximum absolute atomic E-state index is 12.4. The van der Waals surface area contributed by atoms with Crippen LogP contribution in [0.2, 0.25) is 0 Å². The Balaban J connectivity index is 3.29. The molecule has 0 radical (unpaired) electrons. The number of ketones is 1. The number of ether oxygens (including phenoxy) is 9. The summed E-state index contributed by atoms with van der Waals surface area (Å²) < 4.78 is 48.6. The third kappa shape index (κ3) is 35.8. The number of aliphatic carboxylic acids is 1. The maximum Gasteiger partial charge on any atom is 0.305 e. The van der Waals surface area contributed by atoms with Crippen molar-refractivity contribution in [2.45, 2.75) is 71.9 Å². The molecule has 0 aromatic rings. The van der Waals surface area contributed by atoms with E-state index in [1.54, 1.807) is 0 Å². The summed E-state index contributed by atoms with van der Waals surface area (Å²) in [5, 5.41) is 14.8. The summed E-state index contributed by atoms with van der Waals surface area (Å²) in [4.78, 5) is 34.7. The van der Waals surface area contributed by atoms with Crippen molar-refractivity contribution in [1.29, 1.82) is 0 Å². The second-order valence-electron chi connectivity index (χ2n) is 11.7. The molecule has 0 spiro atoms. The average molecular weight is 711 g/mol. The minimum Gasteiger partial charge on any atom is -0.481 e. The van der Waals surface area contributed by atoms with Crippen LogP contribution in [0.15, 0.2) is 0 Å². The van der Waals surface area contributed by atoms with Gasteiger partial charge in [-0.3, -0.25) is 14.4 Å². The van der Waals surface area contributed by atoms with Crippen molar-refractivity contribution >= 4 is 17.7 Å². The fourth-order valence-electron chi connectivity index (χ4n) is 4.09. The molecule has 15 heteroatoms. The second-order valence-corrected chi connectivity index (χ2v) is 11.7. The first-order valence-corrected chi connectivity index (χ1v) is 17.7. The number of unbranched alkanes of at least 4 members (excludes halogenated alkanes) is 1. The summed E-state index contributed by atoms with van der Waals surface area (Å²) in [5.41, 5.74) is 0. The Hall–Kier alpha value is -1.79. The number of carbonyl (C=O) groups is 3. The normalized spacial score (nSPS) is 12.2. The third-order valence-electron chi connectivity index (χ3n) is 6.60. The van der Waals surface area contributed by atoms with E-state index < -0.39 is 5.97 Å². The quantitative estimate of drug-likeness (QED) is 0.0788. The lowest BCUT2D eigenvalue weighted by Crippen LogP contribution is -2.42. The molecule has 0 saturated heterocycles. The number of Topliss-reactive ketones (excluding diaryl/α,β-unsaturated/α-hetero) is 1. The van der Waals surface area contributed by atoms with Gasteiger partial charge in [-0.25, -0.2) is 0 Å². The molecule has 0 aromatic carbocycles. The van der Waals surface area contributed by atoms with E-state index in [4.69, 9.17) is 47.7 Å². The highest BCUT2D eigenvalue weighted by molar-refractivity contribution is 5.85. The van der Waals surface area contributed by atoms with Crippen LogP contribution >= 0.6 is 0 Å². The SMILES string of the molecule is CC(C)N[C@@H](CCCCNC(=O)CCOCCOCCOCCOCCOCCOCCOCCOCCOCCC(=O)O)C(=O)C(C)C. The minimum absolute atomic E-state index is 0.00751. The number of nitrogens with one attached hydrogen (secondary N) is 2. The lowest BCUT2D eigenvalue weighted by molar-refractivity contribution is -0.138. The van der Waals surface area contributed by atoms with Crippen LogP contribution in [-0.2, 0) is 57.0 Å². The fourth-order valence-corrected chi connectivity index (χ4v) is 4.09. The first kappa shape index (κ1) is 47.2. The van der Waals surface area contributed by atoms with Crippen LogP contribution < -0.4 is 10.6 Å². The molecule has 3 N–H and O–H groups in total. The van der Waals surface area contributed by atoms with Gasteiger partial charge in [0.15, 0.2) is 5.78 Å². The zero-order valence-corrected chi connectivity index (χ0v) is 30.5. The first-order valence-electron chi connectivity index (χ1n) is 17.7. The molecule has 0 heterocycles. The Bertz CT molecular complexity index is 774. The van der Waals surface area contributed by atoms with Gasteiger partial charge in [0.05, 0.1) is 131 Å². The first-order chi connectivity index (χ1) is 23.7. The van der Waals surface area contributed by atoms with Gasteiger partial charge in [0.25, 0.3) is 0 Å². The van der Waals surface area contributed by atoms with Gasteiger partial charge in [0.1, 0.15) is 0 Å². The molecule has 0 aliphatic heterocycles. The molecule has 49 heavy (non-hydrogen) atoms. The highest BCUT2D eigenvalue weighted by atomic mass is 16.6. The van der Waals surface area contributed by atoms with E-state index in [9.17, 15) is 14.4 Å². The number of carbonyl (C=O) groups excluding carboxylic acids is 2. The molecule has 0 aliphatic carbocycles. The summed E-state index contributed by atoms with van der Waals surface area (Å²) in [6.07, 6.45) is 2.78. The van der Waals surface area contributed by atoms with Gasteiger partial charge in [-0.2, -0.15) is 0 Å². The number of carboxylic acids is 1. The number of hydrogen-bond donors (Lipinski definition) is 3. The van der Waals surface area contributed by atoms with Crippen LogP contribution in [0, 0.1) is 5.92 Å². The van der Waals surface area contributed by atoms with Crippen LogP contribution in [0.4, 0.5) is 0 Å². The molecule has 0 fully saturated rings. The molecule has 0 rings (SSSR count). The minimum atomic E-state index is -0.879. The Labute approximate surface area is 293 Å². The summed E-state index contributed by atoms with van der Waals surface area (Å²) in [6.45, 7) is 16.2. The molecule has 0 saturated carbocycles. The van der Waals surface area contributed by atoms with Crippen molar-refractivity contribution < 1.29 is 62.1 Å². The summed E-state index contributed by atoms with van der Waals surface area (Å²) in [7, 11) is 0. The monoisotopic (exact) mass is 710 g/mol. The van der Waals surface area contributed by atoms with E-state index in [2.05, 4.69) is 10.6 Å². The van der Waals surface area contributed by atoms with Crippen molar-refractivity contribution in [3.63, 3.8) is 0 Å². The topological polar surface area (TPSA) is 179 Å². The third-order valence-corrected chi connectivity index (χ3v) is 6.60. The predicted octanol–water partition coefficient (Wildman–Crippen LogP) is 1.88. The molecule has 0 unspecified atom stereocenters. The number of rotatable bonds is 39.